The summed E-state index contributed by atoms with van der Waals surface area (Å²) >= 11 is 0. The van der Waals surface area contributed by atoms with Crippen LogP contribution in [0, 0.1) is 11.8 Å². The lowest BCUT2D eigenvalue weighted by Crippen LogP contribution is -2.39. The number of rotatable bonds is 7. The zero-order chi connectivity index (χ0) is 14.4. The number of amides is 1. The van der Waals surface area contributed by atoms with Gasteiger partial charge in [-0.2, -0.15) is 0 Å². The molecule has 6 nitrogen and oxygen atoms in total. The molecule has 0 aromatic heterocycles. The van der Waals surface area contributed by atoms with Crippen molar-refractivity contribution in [3.05, 3.63) is 0 Å². The van der Waals surface area contributed by atoms with E-state index in [1.165, 1.54) is 0 Å². The fraction of sp³-hybridized carbons (Fsp3) is 0.846. The largest absolute Gasteiger partial charge is 0.409 e. The second kappa shape index (κ2) is 7.33. The van der Waals surface area contributed by atoms with Crippen molar-refractivity contribution in [2.24, 2.45) is 22.7 Å². The summed E-state index contributed by atoms with van der Waals surface area (Å²) in [6.07, 6.45) is 2.85. The van der Waals surface area contributed by atoms with Gasteiger partial charge < -0.3 is 20.6 Å². The number of oxime groups is 1. The van der Waals surface area contributed by atoms with Crippen molar-refractivity contribution in [2.75, 3.05) is 20.2 Å². The van der Waals surface area contributed by atoms with Gasteiger partial charge in [-0.3, -0.25) is 4.79 Å². The van der Waals surface area contributed by atoms with Crippen LogP contribution in [0.15, 0.2) is 5.16 Å². The SMILES string of the molecule is CCOC1CC(CC(=O)N(C)CC(C)C(N)=NO)C1. The number of hydrogen-bond acceptors (Lipinski definition) is 4. The Kier molecular flexibility index (Phi) is 6.08. The molecule has 0 aliphatic heterocycles. The van der Waals surface area contributed by atoms with Crippen molar-refractivity contribution in [1.29, 1.82) is 0 Å². The maximum atomic E-state index is 12.0. The average Bonchev–Trinajstić information content (AvgIpc) is 2.34. The van der Waals surface area contributed by atoms with Gasteiger partial charge in [-0.25, -0.2) is 0 Å². The predicted molar refractivity (Wildman–Crippen MR) is 73.0 cm³/mol. The lowest BCUT2D eigenvalue weighted by Gasteiger charge is -2.35. The first-order valence-electron chi connectivity index (χ1n) is 6.80. The molecule has 1 amide bonds. The number of amidine groups is 1. The van der Waals surface area contributed by atoms with Gasteiger partial charge >= 0.3 is 0 Å². The maximum absolute atomic E-state index is 12.0. The highest BCUT2D eigenvalue weighted by Crippen LogP contribution is 2.33. The van der Waals surface area contributed by atoms with E-state index in [2.05, 4.69) is 5.16 Å². The fourth-order valence-electron chi connectivity index (χ4n) is 2.32. The van der Waals surface area contributed by atoms with Crippen molar-refractivity contribution >= 4 is 11.7 Å². The van der Waals surface area contributed by atoms with Crippen LogP contribution in [0.4, 0.5) is 0 Å². The van der Waals surface area contributed by atoms with Crippen LogP contribution >= 0.6 is 0 Å². The molecule has 1 fully saturated rings. The molecule has 0 aromatic carbocycles. The zero-order valence-electron chi connectivity index (χ0n) is 12.0. The van der Waals surface area contributed by atoms with Crippen molar-refractivity contribution < 1.29 is 14.7 Å². The minimum atomic E-state index is -0.142. The molecule has 1 atom stereocenters. The van der Waals surface area contributed by atoms with Crippen LogP contribution in [-0.4, -0.2) is 48.2 Å². The number of nitrogens with two attached hydrogens (primary N) is 1. The van der Waals surface area contributed by atoms with Gasteiger partial charge in [0.2, 0.25) is 5.91 Å². The minimum absolute atomic E-state index is 0.109. The van der Waals surface area contributed by atoms with E-state index in [1.54, 1.807) is 11.9 Å². The Morgan fingerprint density at radius 3 is 2.74 bits per heavy atom. The van der Waals surface area contributed by atoms with E-state index < -0.39 is 0 Å². The molecule has 0 spiro atoms. The Morgan fingerprint density at radius 2 is 2.21 bits per heavy atom. The minimum Gasteiger partial charge on any atom is -0.409 e. The second-order valence-corrected chi connectivity index (χ2v) is 5.32. The van der Waals surface area contributed by atoms with Gasteiger partial charge in [-0.1, -0.05) is 12.1 Å². The zero-order valence-corrected chi connectivity index (χ0v) is 12.0. The van der Waals surface area contributed by atoms with Gasteiger partial charge in [0.15, 0.2) is 0 Å². The first-order chi connectivity index (χ1) is 8.97. The van der Waals surface area contributed by atoms with Crippen LogP contribution in [0.3, 0.4) is 0 Å². The molecule has 6 heteroatoms. The third kappa shape index (κ3) is 4.70. The van der Waals surface area contributed by atoms with Crippen molar-refractivity contribution in [2.45, 2.75) is 39.2 Å². The number of hydrogen-bond donors (Lipinski definition) is 2. The highest BCUT2D eigenvalue weighted by atomic mass is 16.5. The highest BCUT2D eigenvalue weighted by Gasteiger charge is 2.32. The van der Waals surface area contributed by atoms with E-state index in [9.17, 15) is 4.79 Å². The highest BCUT2D eigenvalue weighted by molar-refractivity contribution is 5.83. The van der Waals surface area contributed by atoms with Gasteiger partial charge in [-0.05, 0) is 25.7 Å². The van der Waals surface area contributed by atoms with Gasteiger partial charge in [0.05, 0.1) is 6.10 Å². The summed E-state index contributed by atoms with van der Waals surface area (Å²) in [6, 6.07) is 0. The standard InChI is InChI=1S/C13H25N3O3/c1-4-19-11-5-10(6-11)7-12(17)16(3)8-9(2)13(14)15-18/h9-11,18H,4-8H2,1-3H3,(H2,14,15). The van der Waals surface area contributed by atoms with Crippen LogP contribution in [0.5, 0.6) is 0 Å². The Morgan fingerprint density at radius 1 is 1.58 bits per heavy atom. The Bertz CT molecular complexity index is 327. The van der Waals surface area contributed by atoms with E-state index in [-0.39, 0.29) is 17.7 Å². The molecule has 1 saturated carbocycles. The lowest BCUT2D eigenvalue weighted by atomic mass is 9.79. The lowest BCUT2D eigenvalue weighted by molar-refractivity contribution is -0.133. The predicted octanol–water partition coefficient (Wildman–Crippen LogP) is 1.03. The molecule has 0 radical (unpaired) electrons. The topological polar surface area (TPSA) is 88.2 Å². The van der Waals surface area contributed by atoms with Gasteiger partial charge in [0.1, 0.15) is 5.84 Å². The molecule has 3 N–H and O–H groups in total. The van der Waals surface area contributed by atoms with Crippen LogP contribution in [-0.2, 0) is 9.53 Å². The Hall–Kier alpha value is -1.30. The molecule has 0 saturated heterocycles. The third-order valence-electron chi connectivity index (χ3n) is 3.65. The molecule has 1 aliphatic carbocycles. The van der Waals surface area contributed by atoms with Gasteiger partial charge in [0, 0.05) is 32.5 Å². The molecular weight excluding hydrogens is 246 g/mol. The normalized spacial score (nSPS) is 24.7. The van der Waals surface area contributed by atoms with Crippen molar-refractivity contribution in [1.82, 2.24) is 4.90 Å². The van der Waals surface area contributed by atoms with Crippen LogP contribution < -0.4 is 5.73 Å². The second-order valence-electron chi connectivity index (χ2n) is 5.32. The fourth-order valence-corrected chi connectivity index (χ4v) is 2.32. The summed E-state index contributed by atoms with van der Waals surface area (Å²) in [5, 5.41) is 11.5. The molecule has 110 valence electrons. The summed E-state index contributed by atoms with van der Waals surface area (Å²) in [5.74, 6) is 0.555. The smallest absolute Gasteiger partial charge is 0.222 e. The summed E-state index contributed by atoms with van der Waals surface area (Å²) < 4.78 is 5.48. The first-order valence-corrected chi connectivity index (χ1v) is 6.80. The summed E-state index contributed by atoms with van der Waals surface area (Å²) in [7, 11) is 1.75. The van der Waals surface area contributed by atoms with Crippen molar-refractivity contribution in [3.8, 4) is 0 Å². The van der Waals surface area contributed by atoms with E-state index in [1.807, 2.05) is 13.8 Å². The number of ether oxygens (including phenoxy) is 1. The average molecular weight is 271 g/mol. The summed E-state index contributed by atoms with van der Waals surface area (Å²) in [4.78, 5) is 13.6. The molecular formula is C13H25N3O3. The Labute approximate surface area is 114 Å². The monoisotopic (exact) mass is 271 g/mol. The van der Waals surface area contributed by atoms with Crippen LogP contribution in [0.2, 0.25) is 0 Å². The van der Waals surface area contributed by atoms with E-state index in [4.69, 9.17) is 15.7 Å². The maximum Gasteiger partial charge on any atom is 0.222 e. The summed E-state index contributed by atoms with van der Waals surface area (Å²) in [6.45, 7) is 5.02. The van der Waals surface area contributed by atoms with E-state index in [0.29, 0.717) is 25.0 Å². The van der Waals surface area contributed by atoms with Crippen molar-refractivity contribution in [3.63, 3.8) is 0 Å². The molecule has 0 aromatic rings. The molecule has 1 rings (SSSR count). The summed E-state index contributed by atoms with van der Waals surface area (Å²) in [5.41, 5.74) is 5.50. The molecule has 0 bridgehead atoms. The van der Waals surface area contributed by atoms with Gasteiger partial charge in [-0.15, -0.1) is 0 Å². The van der Waals surface area contributed by atoms with Crippen LogP contribution in [0.25, 0.3) is 0 Å². The number of nitrogens with zero attached hydrogens (tertiary/aromatic N) is 2. The molecule has 1 aliphatic rings. The van der Waals surface area contributed by atoms with Crippen LogP contribution in [0.1, 0.15) is 33.1 Å². The molecule has 1 unspecified atom stereocenters. The quantitative estimate of drug-likeness (QED) is 0.313. The number of carbonyl (C=O) groups is 1. The Balaban J connectivity index is 2.26. The van der Waals surface area contributed by atoms with Gasteiger partial charge in [0.25, 0.3) is 0 Å². The number of carbonyl (C=O) groups excluding carboxylic acids is 1. The molecule has 19 heavy (non-hydrogen) atoms. The molecule has 0 heterocycles. The van der Waals surface area contributed by atoms with E-state index >= 15 is 0 Å². The third-order valence-corrected chi connectivity index (χ3v) is 3.65. The first kappa shape index (κ1) is 15.8. The van der Waals surface area contributed by atoms with E-state index in [0.717, 1.165) is 19.4 Å².